The van der Waals surface area contributed by atoms with Crippen LogP contribution in [0.5, 0.6) is 5.75 Å². The van der Waals surface area contributed by atoms with E-state index in [2.05, 4.69) is 22.2 Å². The molecule has 0 spiro atoms. The molecule has 1 heterocycles. The third-order valence-corrected chi connectivity index (χ3v) is 3.57. The number of nitrogen functional groups attached to an aromatic ring is 1. The summed E-state index contributed by atoms with van der Waals surface area (Å²) in [6, 6.07) is 11.5. The second-order valence-electron chi connectivity index (χ2n) is 5.48. The Morgan fingerprint density at radius 2 is 1.85 bits per heavy atom. The predicted molar refractivity (Wildman–Crippen MR) is 100 cm³/mol. The summed E-state index contributed by atoms with van der Waals surface area (Å²) in [7, 11) is 0. The first kappa shape index (κ1) is 18.8. The number of benzene rings is 1. The van der Waals surface area contributed by atoms with Crippen LogP contribution in [0.25, 0.3) is 0 Å². The van der Waals surface area contributed by atoms with Crippen molar-refractivity contribution in [2.24, 2.45) is 0 Å². The molecular weight excluding hydrogens is 330 g/mol. The highest BCUT2D eigenvalue weighted by Crippen LogP contribution is 2.28. The van der Waals surface area contributed by atoms with Crippen LogP contribution >= 0.6 is 0 Å². The summed E-state index contributed by atoms with van der Waals surface area (Å²) in [5, 5.41) is 20.9. The van der Waals surface area contributed by atoms with Gasteiger partial charge in [0.05, 0.1) is 18.7 Å². The van der Waals surface area contributed by atoms with Crippen LogP contribution in [0.15, 0.2) is 30.6 Å². The number of unbranched alkanes of at least 4 members (excludes halogenated alkanes) is 1. The molecule has 1 aromatic heterocycles. The van der Waals surface area contributed by atoms with E-state index in [1.165, 1.54) is 11.2 Å². The summed E-state index contributed by atoms with van der Waals surface area (Å²) in [6.07, 6.45) is 3.45. The number of hydrogen-bond acceptors (Lipinski definition) is 8. The second-order valence-corrected chi connectivity index (χ2v) is 5.48. The Bertz CT molecular complexity index is 777. The molecule has 0 saturated heterocycles. The maximum absolute atomic E-state index is 8.91. The summed E-state index contributed by atoms with van der Waals surface area (Å²) in [5.74, 6) is 1.57. The van der Waals surface area contributed by atoms with Crippen LogP contribution in [0, 0.1) is 22.7 Å². The zero-order valence-electron chi connectivity index (χ0n) is 14.6. The lowest BCUT2D eigenvalue weighted by Crippen LogP contribution is -2.26. The fourth-order valence-electron chi connectivity index (χ4n) is 2.22. The van der Waals surface area contributed by atoms with Crippen molar-refractivity contribution in [3.05, 3.63) is 30.6 Å². The summed E-state index contributed by atoms with van der Waals surface area (Å²) in [6.45, 7) is 2.83. The average Bonchev–Trinajstić information content (AvgIpc) is 2.65. The van der Waals surface area contributed by atoms with E-state index in [1.54, 1.807) is 0 Å². The molecule has 1 aromatic carbocycles. The summed E-state index contributed by atoms with van der Waals surface area (Å²) in [4.78, 5) is 9.74. The van der Waals surface area contributed by atoms with Crippen molar-refractivity contribution in [3.63, 3.8) is 0 Å². The predicted octanol–water partition coefficient (Wildman–Crippen LogP) is 2.83. The van der Waals surface area contributed by atoms with Gasteiger partial charge in [-0.25, -0.2) is 9.97 Å². The minimum atomic E-state index is 0.0119. The quantitative estimate of drug-likeness (QED) is 0.522. The van der Waals surface area contributed by atoms with Crippen LogP contribution in [0.2, 0.25) is 0 Å². The number of nitriles is 2. The van der Waals surface area contributed by atoms with Crippen LogP contribution in [-0.4, -0.2) is 29.7 Å². The fraction of sp³-hybridized carbons (Fsp3) is 0.333. The van der Waals surface area contributed by atoms with Crippen LogP contribution in [-0.2, 0) is 0 Å². The molecule has 3 N–H and O–H groups in total. The monoisotopic (exact) mass is 351 g/mol. The van der Waals surface area contributed by atoms with Crippen molar-refractivity contribution in [2.45, 2.75) is 19.8 Å². The first-order chi connectivity index (χ1) is 12.7. The Morgan fingerprint density at radius 1 is 1.15 bits per heavy atom. The molecule has 0 aliphatic heterocycles. The molecule has 134 valence electrons. The van der Waals surface area contributed by atoms with E-state index in [9.17, 15) is 0 Å². The first-order valence-electron chi connectivity index (χ1n) is 8.28. The zero-order chi connectivity index (χ0) is 18.8. The summed E-state index contributed by atoms with van der Waals surface area (Å²) in [5.41, 5.74) is 7.20. The molecule has 8 heteroatoms. The molecule has 2 rings (SSSR count). The van der Waals surface area contributed by atoms with Gasteiger partial charge in [0.2, 0.25) is 0 Å². The molecule has 0 amide bonds. The molecule has 0 aliphatic carbocycles. The summed E-state index contributed by atoms with van der Waals surface area (Å²) >= 11 is 0. The van der Waals surface area contributed by atoms with E-state index in [4.69, 9.17) is 21.0 Å². The van der Waals surface area contributed by atoms with Gasteiger partial charge in [-0.2, -0.15) is 10.5 Å². The number of anilines is 4. The van der Waals surface area contributed by atoms with E-state index >= 15 is 0 Å². The molecule has 0 fully saturated rings. The van der Waals surface area contributed by atoms with E-state index in [-0.39, 0.29) is 18.8 Å². The van der Waals surface area contributed by atoms with Crippen LogP contribution in [0.4, 0.5) is 23.0 Å². The molecule has 0 atom stereocenters. The van der Waals surface area contributed by atoms with Gasteiger partial charge in [0, 0.05) is 5.69 Å². The van der Waals surface area contributed by atoms with Crippen LogP contribution < -0.4 is 20.7 Å². The molecule has 0 radical (unpaired) electrons. The molecular formula is C18H21N7O. The van der Waals surface area contributed by atoms with E-state index in [0.29, 0.717) is 18.2 Å². The summed E-state index contributed by atoms with van der Waals surface area (Å²) < 4.78 is 5.63. The van der Waals surface area contributed by atoms with Gasteiger partial charge >= 0.3 is 0 Å². The lowest BCUT2D eigenvalue weighted by atomic mass is 10.3. The molecule has 0 aliphatic rings. The highest BCUT2D eigenvalue weighted by atomic mass is 16.5. The van der Waals surface area contributed by atoms with Gasteiger partial charge in [-0.15, -0.1) is 0 Å². The Labute approximate surface area is 152 Å². The van der Waals surface area contributed by atoms with Crippen LogP contribution in [0.3, 0.4) is 0 Å². The standard InChI is InChI=1S/C18H21N7O/c1-2-3-12-26-15-6-4-14(5-7-15)24-17-16(21)18(23-13-22-17)25(10-8-19)11-9-20/h4-7,13H,2-3,10-12,21H2,1H3,(H,22,23,24). The second kappa shape index (κ2) is 9.70. The third-order valence-electron chi connectivity index (χ3n) is 3.57. The Balaban J connectivity index is 2.13. The van der Waals surface area contributed by atoms with Crippen molar-refractivity contribution in [3.8, 4) is 17.9 Å². The fourth-order valence-corrected chi connectivity index (χ4v) is 2.22. The Hall–Kier alpha value is -3.52. The van der Waals surface area contributed by atoms with Crippen molar-refractivity contribution >= 4 is 23.0 Å². The van der Waals surface area contributed by atoms with Crippen molar-refractivity contribution in [1.82, 2.24) is 9.97 Å². The van der Waals surface area contributed by atoms with Gasteiger partial charge in [-0.1, -0.05) is 13.3 Å². The van der Waals surface area contributed by atoms with Gasteiger partial charge in [-0.3, -0.25) is 0 Å². The largest absolute Gasteiger partial charge is 0.494 e. The maximum atomic E-state index is 8.91. The number of rotatable bonds is 9. The average molecular weight is 351 g/mol. The number of nitrogens with one attached hydrogen (secondary N) is 1. The molecule has 8 nitrogen and oxygen atoms in total. The zero-order valence-corrected chi connectivity index (χ0v) is 14.6. The van der Waals surface area contributed by atoms with E-state index in [1.807, 2.05) is 36.4 Å². The molecule has 0 bridgehead atoms. The highest BCUT2D eigenvalue weighted by molar-refractivity contribution is 5.78. The number of nitrogens with zero attached hydrogens (tertiary/aromatic N) is 5. The van der Waals surface area contributed by atoms with Crippen LogP contribution in [0.1, 0.15) is 19.8 Å². The number of ether oxygens (including phenoxy) is 1. The third kappa shape index (κ3) is 4.99. The number of aromatic nitrogens is 2. The number of hydrogen-bond donors (Lipinski definition) is 2. The van der Waals surface area contributed by atoms with Gasteiger partial charge in [0.1, 0.15) is 30.9 Å². The van der Waals surface area contributed by atoms with E-state index in [0.717, 1.165) is 24.3 Å². The number of nitrogens with two attached hydrogens (primary N) is 1. The smallest absolute Gasteiger partial charge is 0.159 e. The van der Waals surface area contributed by atoms with Crippen molar-refractivity contribution in [1.29, 1.82) is 10.5 Å². The normalized spacial score (nSPS) is 9.81. The Kier molecular flexibility index (Phi) is 7.02. The van der Waals surface area contributed by atoms with Gasteiger partial charge < -0.3 is 20.7 Å². The lowest BCUT2D eigenvalue weighted by molar-refractivity contribution is 0.309. The topological polar surface area (TPSA) is 124 Å². The minimum absolute atomic E-state index is 0.0119. The van der Waals surface area contributed by atoms with Crippen molar-refractivity contribution in [2.75, 3.05) is 35.6 Å². The maximum Gasteiger partial charge on any atom is 0.159 e. The van der Waals surface area contributed by atoms with Gasteiger partial charge in [-0.05, 0) is 30.7 Å². The first-order valence-corrected chi connectivity index (χ1v) is 8.28. The molecule has 2 aromatic rings. The molecule has 0 saturated carbocycles. The molecule has 0 unspecified atom stereocenters. The highest BCUT2D eigenvalue weighted by Gasteiger charge is 2.15. The van der Waals surface area contributed by atoms with E-state index < -0.39 is 0 Å². The van der Waals surface area contributed by atoms with Gasteiger partial charge in [0.25, 0.3) is 0 Å². The lowest BCUT2D eigenvalue weighted by Gasteiger charge is -2.20. The minimum Gasteiger partial charge on any atom is -0.494 e. The van der Waals surface area contributed by atoms with Gasteiger partial charge in [0.15, 0.2) is 11.6 Å². The molecule has 26 heavy (non-hydrogen) atoms. The van der Waals surface area contributed by atoms with Crippen molar-refractivity contribution < 1.29 is 4.74 Å². The SMILES string of the molecule is CCCCOc1ccc(Nc2ncnc(N(CC#N)CC#N)c2N)cc1. The Morgan fingerprint density at radius 3 is 2.46 bits per heavy atom.